The van der Waals surface area contributed by atoms with Crippen molar-refractivity contribution in [3.05, 3.63) is 6.92 Å². The minimum absolute atomic E-state index is 0.519. The van der Waals surface area contributed by atoms with Crippen LogP contribution in [0, 0.1) is 6.92 Å². The highest BCUT2D eigenvalue weighted by molar-refractivity contribution is 4.70. The monoisotopic (exact) mass is 126 g/mol. The number of hydrogen-bond donors (Lipinski definition) is 1. The van der Waals surface area contributed by atoms with Crippen LogP contribution in [0.25, 0.3) is 0 Å². The second-order valence-corrected chi connectivity index (χ2v) is 2.85. The van der Waals surface area contributed by atoms with Gasteiger partial charge in [-0.15, -0.1) is 0 Å². The number of nitrogens with one attached hydrogen (secondary N) is 1. The van der Waals surface area contributed by atoms with Gasteiger partial charge in [0.2, 0.25) is 0 Å². The third-order valence-corrected chi connectivity index (χ3v) is 1.91. The van der Waals surface area contributed by atoms with Crippen LogP contribution in [0.15, 0.2) is 0 Å². The lowest BCUT2D eigenvalue weighted by Crippen LogP contribution is -2.28. The molecule has 1 heteroatoms. The van der Waals surface area contributed by atoms with E-state index in [4.69, 9.17) is 0 Å². The van der Waals surface area contributed by atoms with E-state index in [2.05, 4.69) is 12.2 Å². The quantitative estimate of drug-likeness (QED) is 0.521. The van der Waals surface area contributed by atoms with Crippen molar-refractivity contribution in [1.29, 1.82) is 0 Å². The van der Waals surface area contributed by atoms with Crippen LogP contribution in [0.1, 0.15) is 32.1 Å². The summed E-state index contributed by atoms with van der Waals surface area (Å²) < 4.78 is 0. The molecule has 1 aliphatic rings. The van der Waals surface area contributed by atoms with Gasteiger partial charge in [0.25, 0.3) is 0 Å². The van der Waals surface area contributed by atoms with Crippen molar-refractivity contribution in [2.45, 2.75) is 38.1 Å². The smallest absolute Gasteiger partial charge is 0.00676 e. The maximum absolute atomic E-state index is 3.99. The predicted molar refractivity (Wildman–Crippen MR) is 40.2 cm³/mol. The molecule has 0 aromatic rings. The van der Waals surface area contributed by atoms with Crippen molar-refractivity contribution in [2.24, 2.45) is 0 Å². The molecule has 0 aromatic carbocycles. The van der Waals surface area contributed by atoms with Crippen LogP contribution in [-0.2, 0) is 0 Å². The van der Waals surface area contributed by atoms with Gasteiger partial charge >= 0.3 is 0 Å². The van der Waals surface area contributed by atoms with Crippen molar-refractivity contribution in [3.8, 4) is 0 Å². The highest BCUT2D eigenvalue weighted by Gasteiger charge is 2.03. The molecule has 1 atom stereocenters. The summed E-state index contributed by atoms with van der Waals surface area (Å²) in [4.78, 5) is 0. The van der Waals surface area contributed by atoms with Crippen LogP contribution in [0.3, 0.4) is 0 Å². The highest BCUT2D eigenvalue weighted by Crippen LogP contribution is 2.07. The van der Waals surface area contributed by atoms with Crippen LogP contribution in [0.2, 0.25) is 0 Å². The molecule has 0 aliphatic carbocycles. The Balaban J connectivity index is 2.12. The zero-order chi connectivity index (χ0) is 6.53. The maximum Gasteiger partial charge on any atom is 0.00676 e. The molecule has 1 nitrogen and oxygen atoms in total. The first-order valence-corrected chi connectivity index (χ1v) is 3.96. The maximum atomic E-state index is 3.99. The summed E-state index contributed by atoms with van der Waals surface area (Å²) in [7, 11) is 0. The van der Waals surface area contributed by atoms with Gasteiger partial charge in [0.15, 0.2) is 0 Å². The Kier molecular flexibility index (Phi) is 3.05. The van der Waals surface area contributed by atoms with E-state index in [-0.39, 0.29) is 0 Å². The van der Waals surface area contributed by atoms with E-state index in [1.165, 1.54) is 38.6 Å². The van der Waals surface area contributed by atoms with E-state index >= 15 is 0 Å². The van der Waals surface area contributed by atoms with Crippen molar-refractivity contribution < 1.29 is 0 Å². The molecule has 1 rings (SSSR count). The van der Waals surface area contributed by atoms with E-state index in [9.17, 15) is 0 Å². The molecule has 0 amide bonds. The number of rotatable bonds is 0. The van der Waals surface area contributed by atoms with Crippen LogP contribution < -0.4 is 5.32 Å². The Bertz CT molecular complexity index is 63.0. The molecule has 0 saturated carbocycles. The summed E-state index contributed by atoms with van der Waals surface area (Å²) in [5, 5.41) is 3.37. The lowest BCUT2D eigenvalue weighted by atomic mass is 10.1. The fourth-order valence-electron chi connectivity index (χ4n) is 1.28. The van der Waals surface area contributed by atoms with Gasteiger partial charge in [-0.3, -0.25) is 0 Å². The molecule has 1 fully saturated rings. The fourth-order valence-corrected chi connectivity index (χ4v) is 1.28. The molecular weight excluding hydrogens is 110 g/mol. The summed E-state index contributed by atoms with van der Waals surface area (Å²) in [5.74, 6) is 0. The van der Waals surface area contributed by atoms with Gasteiger partial charge in [0.1, 0.15) is 0 Å². The first-order valence-electron chi connectivity index (χ1n) is 3.96. The van der Waals surface area contributed by atoms with Gasteiger partial charge in [0.05, 0.1) is 0 Å². The molecule has 1 heterocycles. The minimum atomic E-state index is 0.519. The summed E-state index contributed by atoms with van der Waals surface area (Å²) >= 11 is 0. The van der Waals surface area contributed by atoms with Crippen molar-refractivity contribution >= 4 is 0 Å². The lowest BCUT2D eigenvalue weighted by Gasteiger charge is -2.16. The van der Waals surface area contributed by atoms with E-state index < -0.39 is 0 Å². The molecule has 53 valence electrons. The Hall–Kier alpha value is -0.0400. The van der Waals surface area contributed by atoms with E-state index in [1.807, 2.05) is 0 Å². The first kappa shape index (κ1) is 7.07. The Labute approximate surface area is 57.8 Å². The van der Waals surface area contributed by atoms with Gasteiger partial charge in [-0.05, 0) is 26.3 Å². The fraction of sp³-hybridized carbons (Fsp3) is 0.875. The van der Waals surface area contributed by atoms with Crippen LogP contribution in [-0.4, -0.2) is 12.6 Å². The Morgan fingerprint density at radius 2 is 1.89 bits per heavy atom. The largest absolute Gasteiger partial charge is 0.314 e. The van der Waals surface area contributed by atoms with Crippen LogP contribution in [0.5, 0.6) is 0 Å². The second kappa shape index (κ2) is 3.89. The van der Waals surface area contributed by atoms with E-state index in [0.717, 1.165) is 0 Å². The molecule has 0 bridgehead atoms. The summed E-state index contributed by atoms with van der Waals surface area (Å²) in [6.07, 6.45) is 6.78. The highest BCUT2D eigenvalue weighted by atomic mass is 14.9. The van der Waals surface area contributed by atoms with E-state index in [1.54, 1.807) is 0 Å². The molecule has 1 unspecified atom stereocenters. The predicted octanol–water partition coefficient (Wildman–Crippen LogP) is 1.74. The van der Waals surface area contributed by atoms with Crippen molar-refractivity contribution in [3.63, 3.8) is 0 Å². The molecule has 1 saturated heterocycles. The average molecular weight is 126 g/mol. The zero-order valence-electron chi connectivity index (χ0n) is 6.03. The van der Waals surface area contributed by atoms with Crippen molar-refractivity contribution in [1.82, 2.24) is 5.32 Å². The van der Waals surface area contributed by atoms with Gasteiger partial charge in [-0.25, -0.2) is 0 Å². The zero-order valence-corrected chi connectivity index (χ0v) is 6.03. The topological polar surface area (TPSA) is 12.0 Å². The SMILES string of the molecule is [CH2]C1CCCCCCN1. The van der Waals surface area contributed by atoms with Gasteiger partial charge in [0, 0.05) is 6.04 Å². The average Bonchev–Trinajstić information content (AvgIpc) is 1.79. The Morgan fingerprint density at radius 1 is 1.11 bits per heavy atom. The molecule has 1 N–H and O–H groups in total. The molecule has 1 radical (unpaired) electrons. The molecule has 9 heavy (non-hydrogen) atoms. The van der Waals surface area contributed by atoms with Gasteiger partial charge < -0.3 is 5.32 Å². The first-order chi connectivity index (χ1) is 4.39. The molecule has 1 aliphatic heterocycles. The third-order valence-electron chi connectivity index (χ3n) is 1.91. The van der Waals surface area contributed by atoms with Gasteiger partial charge in [-0.2, -0.15) is 0 Å². The van der Waals surface area contributed by atoms with Gasteiger partial charge in [-0.1, -0.05) is 19.3 Å². The van der Waals surface area contributed by atoms with E-state index in [0.29, 0.717) is 6.04 Å². The van der Waals surface area contributed by atoms with Crippen LogP contribution in [0.4, 0.5) is 0 Å². The number of hydrogen-bond acceptors (Lipinski definition) is 1. The minimum Gasteiger partial charge on any atom is -0.314 e. The molecule has 0 aromatic heterocycles. The summed E-state index contributed by atoms with van der Waals surface area (Å²) in [6.45, 7) is 5.16. The summed E-state index contributed by atoms with van der Waals surface area (Å²) in [5.41, 5.74) is 0. The standard InChI is InChI=1S/C8H16N/c1-8-6-4-2-3-5-7-9-8/h8-9H,1-7H2. The lowest BCUT2D eigenvalue weighted by molar-refractivity contribution is 0.462. The second-order valence-electron chi connectivity index (χ2n) is 2.85. The molecular formula is C8H16N. The Morgan fingerprint density at radius 3 is 2.78 bits per heavy atom. The molecule has 0 spiro atoms. The van der Waals surface area contributed by atoms with Crippen molar-refractivity contribution in [2.75, 3.05) is 6.54 Å². The third kappa shape index (κ3) is 2.85. The van der Waals surface area contributed by atoms with Crippen LogP contribution >= 0.6 is 0 Å². The summed E-state index contributed by atoms with van der Waals surface area (Å²) in [6, 6.07) is 0.519. The normalized spacial score (nSPS) is 31.0.